The number of hydrogen-bond donors (Lipinski definition) is 2. The van der Waals surface area contributed by atoms with E-state index in [4.69, 9.17) is 0 Å². The van der Waals surface area contributed by atoms with Crippen molar-refractivity contribution in [3.63, 3.8) is 0 Å². The van der Waals surface area contributed by atoms with E-state index in [0.29, 0.717) is 18.8 Å². The van der Waals surface area contributed by atoms with Crippen LogP contribution in [-0.2, 0) is 6.54 Å². The number of carbonyl (C=O) groups is 1. The van der Waals surface area contributed by atoms with Crippen molar-refractivity contribution >= 4 is 17.4 Å². The number of hydrogen-bond acceptors (Lipinski definition) is 4. The molecule has 1 fully saturated rings. The van der Waals surface area contributed by atoms with Gasteiger partial charge in [0.25, 0.3) is 0 Å². The van der Waals surface area contributed by atoms with Gasteiger partial charge in [-0.1, -0.05) is 24.3 Å². The van der Waals surface area contributed by atoms with Crippen LogP contribution in [0.4, 0.5) is 25.0 Å². The summed E-state index contributed by atoms with van der Waals surface area (Å²) in [6.45, 7) is 0.952. The molecule has 0 aliphatic carbocycles. The lowest BCUT2D eigenvalue weighted by Crippen LogP contribution is -2.69. The molecule has 2 aromatic carbocycles. The van der Waals surface area contributed by atoms with Crippen LogP contribution in [0.25, 0.3) is 0 Å². The van der Waals surface area contributed by atoms with Crippen LogP contribution < -0.4 is 10.2 Å². The van der Waals surface area contributed by atoms with Crippen LogP contribution in [0.1, 0.15) is 17.0 Å². The number of rotatable bonds is 4. The Morgan fingerprint density at radius 2 is 2.00 bits per heavy atom. The van der Waals surface area contributed by atoms with Gasteiger partial charge in [-0.25, -0.2) is 13.6 Å². The molecule has 5 rings (SSSR count). The first-order chi connectivity index (χ1) is 15.6. The Morgan fingerprint density at radius 3 is 2.78 bits per heavy atom. The van der Waals surface area contributed by atoms with Gasteiger partial charge in [-0.3, -0.25) is 14.8 Å². The third kappa shape index (κ3) is 3.51. The maximum Gasteiger partial charge on any atom is 0.326 e. The quantitative estimate of drug-likeness (QED) is 0.654. The molecule has 32 heavy (non-hydrogen) atoms. The molecule has 164 valence electrons. The zero-order valence-electron chi connectivity index (χ0n) is 17.2. The van der Waals surface area contributed by atoms with Gasteiger partial charge in [0, 0.05) is 55.2 Å². The molecule has 3 atom stereocenters. The molecule has 6 nitrogen and oxygen atoms in total. The van der Waals surface area contributed by atoms with Gasteiger partial charge in [-0.05, 0) is 35.4 Å². The number of para-hydroxylation sites is 1. The number of nitrogens with zero attached hydrogens (tertiary/aromatic N) is 3. The van der Waals surface area contributed by atoms with E-state index in [1.165, 1.54) is 0 Å². The predicted molar refractivity (Wildman–Crippen MR) is 116 cm³/mol. The van der Waals surface area contributed by atoms with Gasteiger partial charge >= 0.3 is 6.03 Å². The minimum Gasteiger partial charge on any atom is -0.395 e. The molecule has 0 radical (unpaired) electrons. The van der Waals surface area contributed by atoms with Gasteiger partial charge in [0.05, 0.1) is 12.3 Å². The summed E-state index contributed by atoms with van der Waals surface area (Å²) in [5.74, 6) is -1.26. The average Bonchev–Trinajstić information content (AvgIpc) is 2.80. The van der Waals surface area contributed by atoms with Gasteiger partial charge in [0.1, 0.15) is 11.6 Å². The van der Waals surface area contributed by atoms with Gasteiger partial charge in [-0.15, -0.1) is 0 Å². The molecule has 2 aliphatic rings. The van der Waals surface area contributed by atoms with Crippen molar-refractivity contribution in [3.8, 4) is 0 Å². The Hall–Kier alpha value is -3.36. The molecule has 2 amide bonds. The van der Waals surface area contributed by atoms with Crippen LogP contribution in [-0.4, -0.2) is 46.3 Å². The standard InChI is InChI=1S/C24H22F2N4O2/c25-16-7-8-18(26)19(10-16)28-24(32)30-13-21-23(17-5-1-2-6-20(17)30)22(14-31)29(21)12-15-4-3-9-27-11-15/h1-11,21-23,31H,12-14H2,(H,28,32)/t21-,22-,23+/m1/s1. The molecular weight excluding hydrogens is 414 g/mol. The van der Waals surface area contributed by atoms with Crippen molar-refractivity contribution < 1.29 is 18.7 Å². The maximum absolute atomic E-state index is 14.1. The molecule has 3 aromatic rings. The fraction of sp³-hybridized carbons (Fsp3) is 0.250. The smallest absolute Gasteiger partial charge is 0.326 e. The van der Waals surface area contributed by atoms with E-state index in [1.807, 2.05) is 36.4 Å². The number of aromatic nitrogens is 1. The highest BCUT2D eigenvalue weighted by atomic mass is 19.1. The van der Waals surface area contributed by atoms with Crippen molar-refractivity contribution in [2.45, 2.75) is 24.5 Å². The Balaban J connectivity index is 1.45. The van der Waals surface area contributed by atoms with E-state index in [-0.39, 0.29) is 30.3 Å². The van der Waals surface area contributed by atoms with Gasteiger partial charge < -0.3 is 10.4 Å². The fourth-order valence-corrected chi connectivity index (χ4v) is 4.87. The summed E-state index contributed by atoms with van der Waals surface area (Å²) in [5.41, 5.74) is 2.48. The van der Waals surface area contributed by atoms with Crippen LogP contribution in [0.5, 0.6) is 0 Å². The van der Waals surface area contributed by atoms with Crippen LogP contribution in [0.2, 0.25) is 0 Å². The molecular formula is C24H22F2N4O2. The Kier molecular flexibility index (Phi) is 5.32. The topological polar surface area (TPSA) is 68.7 Å². The van der Waals surface area contributed by atoms with E-state index in [9.17, 15) is 18.7 Å². The third-order valence-electron chi connectivity index (χ3n) is 6.33. The number of fused-ring (bicyclic) bond motifs is 3. The highest BCUT2D eigenvalue weighted by molar-refractivity contribution is 6.03. The number of halogens is 2. The number of carbonyl (C=O) groups excluding carboxylic acids is 1. The number of aliphatic hydroxyl groups is 1. The fourth-order valence-electron chi connectivity index (χ4n) is 4.87. The van der Waals surface area contributed by atoms with Crippen molar-refractivity contribution in [1.29, 1.82) is 0 Å². The van der Waals surface area contributed by atoms with Crippen LogP contribution in [0.3, 0.4) is 0 Å². The summed E-state index contributed by atoms with van der Waals surface area (Å²) >= 11 is 0. The summed E-state index contributed by atoms with van der Waals surface area (Å²) in [6, 6.07) is 13.7. The molecule has 0 unspecified atom stereocenters. The normalized spacial score (nSPS) is 22.0. The van der Waals surface area contributed by atoms with Crippen molar-refractivity contribution in [2.75, 3.05) is 23.4 Å². The van der Waals surface area contributed by atoms with E-state index in [0.717, 1.165) is 29.3 Å². The van der Waals surface area contributed by atoms with Crippen molar-refractivity contribution in [1.82, 2.24) is 9.88 Å². The molecule has 3 heterocycles. The number of urea groups is 1. The van der Waals surface area contributed by atoms with Crippen molar-refractivity contribution in [2.24, 2.45) is 0 Å². The Labute approximate surface area is 184 Å². The summed E-state index contributed by atoms with van der Waals surface area (Å²) in [4.78, 5) is 21.0. The largest absolute Gasteiger partial charge is 0.395 e. The number of amides is 2. The van der Waals surface area contributed by atoms with E-state index < -0.39 is 17.7 Å². The molecule has 0 saturated carbocycles. The number of benzene rings is 2. The second-order valence-electron chi connectivity index (χ2n) is 8.10. The van der Waals surface area contributed by atoms with E-state index in [2.05, 4.69) is 15.2 Å². The molecule has 2 aliphatic heterocycles. The minimum atomic E-state index is -0.704. The first kappa shape index (κ1) is 20.5. The monoisotopic (exact) mass is 436 g/mol. The van der Waals surface area contributed by atoms with Gasteiger partial charge in [0.15, 0.2) is 0 Å². The van der Waals surface area contributed by atoms with Gasteiger partial charge in [0.2, 0.25) is 0 Å². The molecule has 1 saturated heterocycles. The molecule has 1 aromatic heterocycles. The second-order valence-corrected chi connectivity index (χ2v) is 8.10. The Bertz CT molecular complexity index is 1140. The lowest BCUT2D eigenvalue weighted by molar-refractivity contribution is -0.0484. The number of aliphatic hydroxyl groups excluding tert-OH is 1. The number of anilines is 2. The highest BCUT2D eigenvalue weighted by Crippen LogP contribution is 2.48. The summed E-state index contributed by atoms with van der Waals surface area (Å²) in [5, 5.41) is 12.6. The highest BCUT2D eigenvalue weighted by Gasteiger charge is 2.53. The SMILES string of the molecule is O=C(Nc1cc(F)ccc1F)N1C[C@@H]2[C@H](c3ccccc31)[C@@H](CO)N2Cc1cccnc1. The van der Waals surface area contributed by atoms with Crippen molar-refractivity contribution in [3.05, 3.63) is 89.8 Å². The van der Waals surface area contributed by atoms with Crippen LogP contribution in [0.15, 0.2) is 67.0 Å². The van der Waals surface area contributed by atoms with Crippen LogP contribution >= 0.6 is 0 Å². The lowest BCUT2D eigenvalue weighted by atomic mass is 9.72. The Morgan fingerprint density at radius 1 is 1.16 bits per heavy atom. The number of likely N-dealkylation sites (tertiary alicyclic amines) is 1. The summed E-state index contributed by atoms with van der Waals surface area (Å²) in [7, 11) is 0. The third-order valence-corrected chi connectivity index (χ3v) is 6.33. The summed E-state index contributed by atoms with van der Waals surface area (Å²) in [6.07, 6.45) is 3.50. The average molecular weight is 436 g/mol. The zero-order chi connectivity index (χ0) is 22.2. The number of pyridine rings is 1. The second kappa shape index (κ2) is 8.29. The van der Waals surface area contributed by atoms with E-state index >= 15 is 0 Å². The molecule has 8 heteroatoms. The minimum absolute atomic E-state index is 0.00351. The maximum atomic E-state index is 14.1. The predicted octanol–water partition coefficient (Wildman–Crippen LogP) is 3.74. The van der Waals surface area contributed by atoms with E-state index in [1.54, 1.807) is 17.3 Å². The first-order valence-corrected chi connectivity index (χ1v) is 10.4. The zero-order valence-corrected chi connectivity index (χ0v) is 17.2. The van der Waals surface area contributed by atoms with Crippen LogP contribution in [0, 0.1) is 11.6 Å². The summed E-state index contributed by atoms with van der Waals surface area (Å²) < 4.78 is 27.7. The number of nitrogens with one attached hydrogen (secondary N) is 1. The van der Waals surface area contributed by atoms with Gasteiger partial charge in [-0.2, -0.15) is 0 Å². The lowest BCUT2D eigenvalue weighted by Gasteiger charge is -2.59. The molecule has 0 spiro atoms. The first-order valence-electron chi connectivity index (χ1n) is 10.4. The molecule has 2 N–H and O–H groups in total. The molecule has 0 bridgehead atoms.